The molecule has 5 atom stereocenters. The topological polar surface area (TPSA) is 80.9 Å². The molecule has 3 N–H and O–H groups in total. The van der Waals surface area contributed by atoms with Crippen molar-refractivity contribution in [2.24, 2.45) is 17.8 Å². The Hall–Kier alpha value is -0.820. The molecule has 2 saturated carbocycles. The first-order valence-corrected chi connectivity index (χ1v) is 9.28. The molecule has 0 radical (unpaired) electrons. The van der Waals surface area contributed by atoms with Crippen molar-refractivity contribution in [3.05, 3.63) is 0 Å². The van der Waals surface area contributed by atoms with Crippen molar-refractivity contribution in [3.8, 4) is 0 Å². The summed E-state index contributed by atoms with van der Waals surface area (Å²) in [5.74, 6) is 2.50. The summed E-state index contributed by atoms with van der Waals surface area (Å²) in [6, 6.07) is 0.273. The van der Waals surface area contributed by atoms with Gasteiger partial charge in [0.05, 0.1) is 5.25 Å². The lowest BCUT2D eigenvalue weighted by atomic mass is 9.84. The summed E-state index contributed by atoms with van der Waals surface area (Å²) in [6.07, 6.45) is 5.41. The van der Waals surface area contributed by atoms with Crippen molar-refractivity contribution >= 4 is 34.1 Å². The Labute approximate surface area is 133 Å². The summed E-state index contributed by atoms with van der Waals surface area (Å²) < 4.78 is 0.753. The van der Waals surface area contributed by atoms with Crippen LogP contribution in [0.5, 0.6) is 0 Å². The molecule has 0 spiro atoms. The largest absolute Gasteiger partial charge is 0.374 e. The highest BCUT2D eigenvalue weighted by atomic mass is 32.2. The number of carbonyl (C=O) groups excluding carboxylic acids is 1. The highest BCUT2D eigenvalue weighted by molar-refractivity contribution is 8.02. The second-order valence-electron chi connectivity index (χ2n) is 6.30. The van der Waals surface area contributed by atoms with Crippen LogP contribution in [-0.2, 0) is 4.79 Å². The van der Waals surface area contributed by atoms with E-state index in [0.717, 1.165) is 16.2 Å². The molecular weight excluding hydrogens is 304 g/mol. The van der Waals surface area contributed by atoms with Gasteiger partial charge in [-0.1, -0.05) is 29.5 Å². The molecule has 2 fully saturated rings. The van der Waals surface area contributed by atoms with Crippen molar-refractivity contribution in [3.63, 3.8) is 0 Å². The maximum absolute atomic E-state index is 12.3. The van der Waals surface area contributed by atoms with E-state index in [4.69, 9.17) is 5.73 Å². The summed E-state index contributed by atoms with van der Waals surface area (Å²) in [7, 11) is 0. The van der Waals surface area contributed by atoms with E-state index in [1.807, 2.05) is 6.92 Å². The van der Waals surface area contributed by atoms with Crippen LogP contribution in [-0.4, -0.2) is 27.4 Å². The standard InChI is InChI=1S/C14H22N4OS2/c1-7(11-6-9-3-4-10(11)5-9)16-12(19)8(2)20-14-18-17-13(15)21-14/h7-11H,3-6H2,1-2H3,(H2,15,17)(H,16,19). The van der Waals surface area contributed by atoms with Gasteiger partial charge in [0.1, 0.15) is 0 Å². The Morgan fingerprint density at radius 1 is 1.38 bits per heavy atom. The molecule has 1 heterocycles. The predicted molar refractivity (Wildman–Crippen MR) is 86.2 cm³/mol. The van der Waals surface area contributed by atoms with Crippen LogP contribution in [0.2, 0.25) is 0 Å². The van der Waals surface area contributed by atoms with E-state index in [1.54, 1.807) is 0 Å². The van der Waals surface area contributed by atoms with Crippen LogP contribution in [0.3, 0.4) is 0 Å². The molecule has 1 aromatic heterocycles. The third-order valence-electron chi connectivity index (χ3n) is 4.87. The molecule has 2 bridgehead atoms. The summed E-state index contributed by atoms with van der Waals surface area (Å²) >= 11 is 2.75. The number of carbonyl (C=O) groups is 1. The van der Waals surface area contributed by atoms with Crippen LogP contribution >= 0.6 is 23.1 Å². The van der Waals surface area contributed by atoms with Gasteiger partial charge in [0, 0.05) is 6.04 Å². The molecule has 2 aliphatic carbocycles. The molecule has 7 heteroatoms. The van der Waals surface area contributed by atoms with E-state index in [9.17, 15) is 4.79 Å². The summed E-state index contributed by atoms with van der Waals surface area (Å²) in [5, 5.41) is 11.2. The van der Waals surface area contributed by atoms with Gasteiger partial charge in [0.25, 0.3) is 0 Å². The molecule has 1 amide bonds. The van der Waals surface area contributed by atoms with E-state index < -0.39 is 0 Å². The molecule has 5 unspecified atom stereocenters. The van der Waals surface area contributed by atoms with Crippen LogP contribution in [0, 0.1) is 17.8 Å². The Balaban J connectivity index is 1.51. The average molecular weight is 326 g/mol. The zero-order valence-electron chi connectivity index (χ0n) is 12.4. The molecule has 116 valence electrons. The SMILES string of the molecule is CC(Sc1nnc(N)s1)C(=O)NC(C)C1CC2CCC1C2. The fraction of sp³-hybridized carbons (Fsp3) is 0.786. The molecule has 0 saturated heterocycles. The molecule has 3 rings (SSSR count). The molecular formula is C14H22N4OS2. The van der Waals surface area contributed by atoms with Crippen LogP contribution in [0.4, 0.5) is 5.13 Å². The smallest absolute Gasteiger partial charge is 0.233 e. The van der Waals surface area contributed by atoms with Gasteiger partial charge in [0.15, 0.2) is 4.34 Å². The number of nitrogens with one attached hydrogen (secondary N) is 1. The van der Waals surface area contributed by atoms with Gasteiger partial charge in [-0.3, -0.25) is 4.79 Å². The molecule has 1 aromatic rings. The maximum atomic E-state index is 12.3. The number of anilines is 1. The lowest BCUT2D eigenvalue weighted by Crippen LogP contribution is -2.43. The minimum absolute atomic E-state index is 0.0871. The van der Waals surface area contributed by atoms with E-state index >= 15 is 0 Å². The Morgan fingerprint density at radius 3 is 2.76 bits per heavy atom. The number of amides is 1. The number of hydrogen-bond acceptors (Lipinski definition) is 6. The molecule has 5 nitrogen and oxygen atoms in total. The van der Waals surface area contributed by atoms with Gasteiger partial charge in [-0.25, -0.2) is 0 Å². The minimum atomic E-state index is -0.168. The molecule has 2 aliphatic rings. The van der Waals surface area contributed by atoms with Gasteiger partial charge < -0.3 is 11.1 Å². The third-order valence-corrected chi connectivity index (χ3v) is 6.81. The van der Waals surface area contributed by atoms with Gasteiger partial charge in [0.2, 0.25) is 11.0 Å². The zero-order chi connectivity index (χ0) is 15.0. The number of nitrogen functional groups attached to an aromatic ring is 1. The minimum Gasteiger partial charge on any atom is -0.374 e. The lowest BCUT2D eigenvalue weighted by Gasteiger charge is -2.29. The second-order valence-corrected chi connectivity index (χ2v) is 8.90. The highest BCUT2D eigenvalue weighted by Gasteiger charge is 2.42. The van der Waals surface area contributed by atoms with E-state index in [1.165, 1.54) is 48.8 Å². The number of hydrogen-bond donors (Lipinski definition) is 2. The van der Waals surface area contributed by atoms with Crippen LogP contribution in [0.1, 0.15) is 39.5 Å². The van der Waals surface area contributed by atoms with Crippen LogP contribution < -0.4 is 11.1 Å². The first kappa shape index (κ1) is 15.1. The fourth-order valence-corrected chi connectivity index (χ4v) is 5.62. The van der Waals surface area contributed by atoms with Crippen molar-refractivity contribution in [1.29, 1.82) is 0 Å². The van der Waals surface area contributed by atoms with Crippen LogP contribution in [0.15, 0.2) is 4.34 Å². The maximum Gasteiger partial charge on any atom is 0.233 e. The second kappa shape index (κ2) is 6.12. The Kier molecular flexibility index (Phi) is 4.40. The van der Waals surface area contributed by atoms with Crippen LogP contribution in [0.25, 0.3) is 0 Å². The average Bonchev–Trinajstić information content (AvgIpc) is 3.15. The van der Waals surface area contributed by atoms with Crippen molar-refractivity contribution in [2.75, 3.05) is 5.73 Å². The zero-order valence-corrected chi connectivity index (χ0v) is 14.0. The molecule has 0 aromatic carbocycles. The third kappa shape index (κ3) is 3.34. The Bertz CT molecular complexity index is 521. The number of nitrogens with zero attached hydrogens (tertiary/aromatic N) is 2. The van der Waals surface area contributed by atoms with E-state index in [2.05, 4.69) is 22.4 Å². The van der Waals surface area contributed by atoms with E-state index in [-0.39, 0.29) is 17.2 Å². The van der Waals surface area contributed by atoms with Gasteiger partial charge in [-0.05, 0) is 50.9 Å². The number of rotatable bonds is 5. The normalized spacial score (nSPS) is 30.3. The Morgan fingerprint density at radius 2 is 2.19 bits per heavy atom. The number of aromatic nitrogens is 2. The van der Waals surface area contributed by atoms with Crippen molar-refractivity contribution < 1.29 is 4.79 Å². The summed E-state index contributed by atoms with van der Waals surface area (Å²) in [5.41, 5.74) is 5.56. The van der Waals surface area contributed by atoms with Crippen molar-refractivity contribution in [2.45, 2.75) is 55.2 Å². The first-order chi connectivity index (χ1) is 10.0. The van der Waals surface area contributed by atoms with Crippen molar-refractivity contribution in [1.82, 2.24) is 15.5 Å². The lowest BCUT2D eigenvalue weighted by molar-refractivity contribution is -0.121. The summed E-state index contributed by atoms with van der Waals surface area (Å²) in [4.78, 5) is 12.3. The summed E-state index contributed by atoms with van der Waals surface area (Å²) in [6.45, 7) is 4.06. The van der Waals surface area contributed by atoms with E-state index in [0.29, 0.717) is 11.0 Å². The highest BCUT2D eigenvalue weighted by Crippen LogP contribution is 2.49. The quantitative estimate of drug-likeness (QED) is 0.813. The monoisotopic (exact) mass is 326 g/mol. The molecule has 21 heavy (non-hydrogen) atoms. The first-order valence-electron chi connectivity index (χ1n) is 7.59. The van der Waals surface area contributed by atoms with Gasteiger partial charge >= 0.3 is 0 Å². The molecule has 0 aliphatic heterocycles. The number of thioether (sulfide) groups is 1. The fourth-order valence-electron chi connectivity index (χ4n) is 3.83. The van der Waals surface area contributed by atoms with Gasteiger partial charge in [-0.2, -0.15) is 0 Å². The predicted octanol–water partition coefficient (Wildman–Crippen LogP) is 2.54. The van der Waals surface area contributed by atoms with Gasteiger partial charge in [-0.15, -0.1) is 10.2 Å². The number of nitrogens with two attached hydrogens (primary N) is 1. The number of fused-ring (bicyclic) bond motifs is 2.